The number of anilines is 1. The van der Waals surface area contributed by atoms with Gasteiger partial charge in [-0.2, -0.15) is 0 Å². The van der Waals surface area contributed by atoms with E-state index in [1.165, 1.54) is 11.8 Å². The van der Waals surface area contributed by atoms with Gasteiger partial charge in [0.15, 0.2) is 0 Å². The summed E-state index contributed by atoms with van der Waals surface area (Å²) in [5, 5.41) is 13.3. The molecule has 146 valence electrons. The van der Waals surface area contributed by atoms with Crippen LogP contribution >= 0.6 is 11.8 Å². The highest BCUT2D eigenvalue weighted by atomic mass is 32.2. The van der Waals surface area contributed by atoms with E-state index in [2.05, 4.69) is 21.6 Å². The van der Waals surface area contributed by atoms with Gasteiger partial charge in [0.05, 0.1) is 5.25 Å². The first-order chi connectivity index (χ1) is 14.0. The lowest BCUT2D eigenvalue weighted by atomic mass is 10.1. The molecule has 4 aromatic rings. The number of nitrogens with one attached hydrogen (secondary N) is 1. The fourth-order valence-corrected chi connectivity index (χ4v) is 3.93. The molecule has 6 heteroatoms. The highest BCUT2D eigenvalue weighted by molar-refractivity contribution is 8.00. The number of carbonyl (C=O) groups is 1. The molecule has 0 aliphatic carbocycles. The van der Waals surface area contributed by atoms with Crippen LogP contribution in [0.4, 0.5) is 5.69 Å². The lowest BCUT2D eigenvalue weighted by Crippen LogP contribution is -2.22. The molecule has 5 nitrogen and oxygen atoms in total. The van der Waals surface area contributed by atoms with Crippen molar-refractivity contribution in [2.75, 3.05) is 5.32 Å². The first-order valence-electron chi connectivity index (χ1n) is 9.37. The topological polar surface area (TPSA) is 68.0 Å². The lowest BCUT2D eigenvalue weighted by molar-refractivity contribution is -0.115. The van der Waals surface area contributed by atoms with E-state index in [-0.39, 0.29) is 11.2 Å². The number of thioether (sulfide) groups is 1. The largest absolute Gasteiger partial charge is 0.411 e. The Bertz CT molecular complexity index is 1160. The van der Waals surface area contributed by atoms with Crippen LogP contribution in [-0.2, 0) is 4.79 Å². The third-order valence-electron chi connectivity index (χ3n) is 4.57. The van der Waals surface area contributed by atoms with E-state index in [1.807, 2.05) is 75.4 Å². The van der Waals surface area contributed by atoms with Crippen LogP contribution in [-0.4, -0.2) is 21.4 Å². The van der Waals surface area contributed by atoms with Gasteiger partial charge in [-0.25, -0.2) is 0 Å². The zero-order chi connectivity index (χ0) is 20.4. The summed E-state index contributed by atoms with van der Waals surface area (Å²) in [4.78, 5) is 12.7. The summed E-state index contributed by atoms with van der Waals surface area (Å²) in [6.45, 7) is 5.89. The summed E-state index contributed by atoms with van der Waals surface area (Å²) in [5.41, 5.74) is 3.95. The van der Waals surface area contributed by atoms with Gasteiger partial charge < -0.3 is 9.73 Å². The van der Waals surface area contributed by atoms with Crippen LogP contribution < -0.4 is 5.32 Å². The van der Waals surface area contributed by atoms with Gasteiger partial charge >= 0.3 is 0 Å². The van der Waals surface area contributed by atoms with Crippen molar-refractivity contribution < 1.29 is 9.21 Å². The summed E-state index contributed by atoms with van der Waals surface area (Å²) in [6.07, 6.45) is 0. The van der Waals surface area contributed by atoms with Crippen molar-refractivity contribution in [3.05, 3.63) is 71.8 Å². The molecule has 0 aliphatic rings. The molecule has 1 amide bonds. The van der Waals surface area contributed by atoms with E-state index in [0.717, 1.165) is 33.2 Å². The molecule has 1 atom stereocenters. The average molecular weight is 404 g/mol. The highest BCUT2D eigenvalue weighted by Crippen LogP contribution is 2.29. The van der Waals surface area contributed by atoms with Crippen molar-refractivity contribution in [1.82, 2.24) is 10.2 Å². The molecule has 29 heavy (non-hydrogen) atoms. The number of nitrogens with zero attached hydrogens (tertiary/aromatic N) is 2. The molecule has 0 aliphatic heterocycles. The maximum absolute atomic E-state index is 12.7. The van der Waals surface area contributed by atoms with Crippen LogP contribution in [0.5, 0.6) is 0 Å². The van der Waals surface area contributed by atoms with Crippen molar-refractivity contribution in [3.63, 3.8) is 0 Å². The van der Waals surface area contributed by atoms with E-state index in [0.29, 0.717) is 11.1 Å². The molecule has 0 saturated heterocycles. The summed E-state index contributed by atoms with van der Waals surface area (Å²) in [7, 11) is 0. The Labute approximate surface area is 173 Å². The van der Waals surface area contributed by atoms with Gasteiger partial charge in [0, 0.05) is 16.6 Å². The zero-order valence-electron chi connectivity index (χ0n) is 16.5. The maximum atomic E-state index is 12.7. The lowest BCUT2D eigenvalue weighted by Gasteiger charge is -2.12. The van der Waals surface area contributed by atoms with Gasteiger partial charge in [0.1, 0.15) is 0 Å². The monoisotopic (exact) mass is 403 g/mol. The SMILES string of the molecule is Cc1cc(C)cc(-c2nnc(S[C@@H](C)C(=O)Nc3cccc4ccccc34)o2)c1. The number of fused-ring (bicyclic) bond motifs is 1. The van der Waals surface area contributed by atoms with E-state index in [4.69, 9.17) is 4.42 Å². The number of aromatic nitrogens is 2. The summed E-state index contributed by atoms with van der Waals surface area (Å²) < 4.78 is 5.78. The van der Waals surface area contributed by atoms with Crippen LogP contribution in [0.2, 0.25) is 0 Å². The van der Waals surface area contributed by atoms with Gasteiger partial charge in [-0.05, 0) is 44.4 Å². The Balaban J connectivity index is 1.47. The minimum Gasteiger partial charge on any atom is -0.411 e. The normalized spacial score (nSPS) is 12.1. The number of hydrogen-bond donors (Lipinski definition) is 1. The van der Waals surface area contributed by atoms with Crippen molar-refractivity contribution in [2.24, 2.45) is 0 Å². The van der Waals surface area contributed by atoms with Crippen LogP contribution in [0, 0.1) is 13.8 Å². The fourth-order valence-electron chi connectivity index (χ4n) is 3.25. The Kier molecular flexibility index (Phi) is 5.36. The van der Waals surface area contributed by atoms with Gasteiger partial charge in [-0.1, -0.05) is 65.4 Å². The molecule has 1 heterocycles. The Hall–Kier alpha value is -3.12. The second-order valence-electron chi connectivity index (χ2n) is 7.03. The molecule has 0 bridgehead atoms. The Morgan fingerprint density at radius 1 is 1.00 bits per heavy atom. The number of amides is 1. The molecule has 0 saturated carbocycles. The third kappa shape index (κ3) is 4.32. The van der Waals surface area contributed by atoms with Crippen molar-refractivity contribution in [3.8, 4) is 11.5 Å². The second kappa shape index (κ2) is 8.09. The van der Waals surface area contributed by atoms with Gasteiger partial charge in [-0.3, -0.25) is 4.79 Å². The summed E-state index contributed by atoms with van der Waals surface area (Å²) in [6, 6.07) is 19.9. The first-order valence-corrected chi connectivity index (χ1v) is 10.2. The molecule has 4 rings (SSSR count). The van der Waals surface area contributed by atoms with E-state index >= 15 is 0 Å². The molecule has 0 unspecified atom stereocenters. The number of hydrogen-bond acceptors (Lipinski definition) is 5. The molecule has 1 N–H and O–H groups in total. The molecule has 0 spiro atoms. The molecule has 1 aromatic heterocycles. The van der Waals surface area contributed by atoms with Gasteiger partial charge in [-0.15, -0.1) is 10.2 Å². The zero-order valence-corrected chi connectivity index (χ0v) is 17.3. The van der Waals surface area contributed by atoms with E-state index < -0.39 is 0 Å². The minimum atomic E-state index is -0.387. The van der Waals surface area contributed by atoms with E-state index in [1.54, 1.807) is 0 Å². The van der Waals surface area contributed by atoms with E-state index in [9.17, 15) is 4.79 Å². The standard InChI is InChI=1S/C23H21N3O2S/c1-14-11-15(2)13-18(12-14)22-25-26-23(28-22)29-16(3)21(27)24-20-10-6-8-17-7-4-5-9-19(17)20/h4-13,16H,1-3H3,(H,24,27)/t16-/m0/s1. The molecule has 0 radical (unpaired) electrons. The number of benzene rings is 3. The van der Waals surface area contributed by atoms with Crippen molar-refractivity contribution in [2.45, 2.75) is 31.2 Å². The van der Waals surface area contributed by atoms with Crippen molar-refractivity contribution >= 4 is 34.1 Å². The van der Waals surface area contributed by atoms with Crippen LogP contribution in [0.25, 0.3) is 22.2 Å². The molecular formula is C23H21N3O2S. The van der Waals surface area contributed by atoms with Crippen LogP contribution in [0.1, 0.15) is 18.1 Å². The molecule has 3 aromatic carbocycles. The van der Waals surface area contributed by atoms with Gasteiger partial charge in [0.25, 0.3) is 5.22 Å². The number of carbonyl (C=O) groups excluding carboxylic acids is 1. The molecular weight excluding hydrogens is 382 g/mol. The smallest absolute Gasteiger partial charge is 0.277 e. The first kappa shape index (κ1) is 19.2. The summed E-state index contributed by atoms with van der Waals surface area (Å²) in [5.74, 6) is 0.346. The third-order valence-corrected chi connectivity index (χ3v) is 5.50. The second-order valence-corrected chi connectivity index (χ2v) is 8.32. The predicted molar refractivity (Wildman–Crippen MR) is 117 cm³/mol. The molecule has 0 fully saturated rings. The van der Waals surface area contributed by atoms with Crippen LogP contribution in [0.3, 0.4) is 0 Å². The quantitative estimate of drug-likeness (QED) is 0.438. The number of aryl methyl sites for hydroxylation is 2. The van der Waals surface area contributed by atoms with Crippen LogP contribution in [0.15, 0.2) is 70.3 Å². The average Bonchev–Trinajstić information content (AvgIpc) is 3.16. The Morgan fingerprint density at radius 3 is 2.52 bits per heavy atom. The Morgan fingerprint density at radius 2 is 1.72 bits per heavy atom. The minimum absolute atomic E-state index is 0.113. The van der Waals surface area contributed by atoms with Crippen molar-refractivity contribution in [1.29, 1.82) is 0 Å². The highest BCUT2D eigenvalue weighted by Gasteiger charge is 2.19. The fraction of sp³-hybridized carbons (Fsp3) is 0.174. The predicted octanol–water partition coefficient (Wildman–Crippen LogP) is 5.63. The van der Waals surface area contributed by atoms with Gasteiger partial charge in [0.2, 0.25) is 11.8 Å². The maximum Gasteiger partial charge on any atom is 0.277 e. The summed E-state index contributed by atoms with van der Waals surface area (Å²) >= 11 is 1.25. The number of rotatable bonds is 5.